The fourth-order valence-corrected chi connectivity index (χ4v) is 1.66. The monoisotopic (exact) mass is 225 g/mol. The third kappa shape index (κ3) is 1.76. The molecule has 0 aliphatic rings. The second kappa shape index (κ2) is 3.47. The van der Waals surface area contributed by atoms with Crippen LogP contribution in [0.4, 0.5) is 0 Å². The minimum atomic E-state index is -0.903. The van der Waals surface area contributed by atoms with Crippen molar-refractivity contribution in [2.45, 2.75) is 6.42 Å². The first-order valence-electron chi connectivity index (χ1n) is 4.28. The largest absolute Gasteiger partial charge is 0.506 e. The van der Waals surface area contributed by atoms with Crippen LogP contribution in [-0.4, -0.2) is 21.2 Å². The van der Waals surface area contributed by atoms with Gasteiger partial charge in [-0.3, -0.25) is 4.79 Å². The van der Waals surface area contributed by atoms with Gasteiger partial charge in [-0.2, -0.15) is 0 Å². The van der Waals surface area contributed by atoms with Gasteiger partial charge in [-0.05, 0) is 11.6 Å². The van der Waals surface area contributed by atoms with E-state index in [0.29, 0.717) is 11.1 Å². The van der Waals surface area contributed by atoms with Crippen LogP contribution in [0.2, 0.25) is 5.02 Å². The quantitative estimate of drug-likeness (QED) is 0.733. The Bertz CT molecular complexity index is 533. The van der Waals surface area contributed by atoms with E-state index in [-0.39, 0.29) is 17.2 Å². The molecule has 0 aliphatic carbocycles. The van der Waals surface area contributed by atoms with E-state index in [1.165, 1.54) is 6.07 Å². The summed E-state index contributed by atoms with van der Waals surface area (Å²) in [7, 11) is 0. The highest BCUT2D eigenvalue weighted by Gasteiger charge is 2.10. The molecule has 0 radical (unpaired) electrons. The molecule has 0 aliphatic heterocycles. The number of nitrogens with one attached hydrogen (secondary N) is 1. The number of aromatic hydroxyl groups is 1. The average molecular weight is 226 g/mol. The summed E-state index contributed by atoms with van der Waals surface area (Å²) in [5, 5.41) is 19.0. The van der Waals surface area contributed by atoms with Gasteiger partial charge >= 0.3 is 5.97 Å². The van der Waals surface area contributed by atoms with E-state index in [1.54, 1.807) is 12.3 Å². The summed E-state index contributed by atoms with van der Waals surface area (Å²) in [6.07, 6.45) is 1.54. The van der Waals surface area contributed by atoms with Crippen molar-refractivity contribution in [1.29, 1.82) is 0 Å². The molecule has 0 fully saturated rings. The third-order valence-electron chi connectivity index (χ3n) is 2.18. The van der Waals surface area contributed by atoms with Gasteiger partial charge in [-0.25, -0.2) is 0 Å². The highest BCUT2D eigenvalue weighted by atomic mass is 35.5. The van der Waals surface area contributed by atoms with Crippen molar-refractivity contribution in [2.75, 3.05) is 0 Å². The summed E-state index contributed by atoms with van der Waals surface area (Å²) >= 11 is 5.74. The van der Waals surface area contributed by atoms with E-state index < -0.39 is 5.97 Å². The smallest absolute Gasteiger partial charge is 0.307 e. The molecular weight excluding hydrogens is 218 g/mol. The van der Waals surface area contributed by atoms with Gasteiger partial charge in [0.05, 0.1) is 11.4 Å². The number of fused-ring (bicyclic) bond motifs is 1. The molecule has 2 aromatic rings. The molecule has 5 heteroatoms. The molecule has 2 rings (SSSR count). The number of carboxylic acids is 1. The van der Waals surface area contributed by atoms with Gasteiger partial charge in [-0.1, -0.05) is 11.6 Å². The first kappa shape index (κ1) is 9.86. The lowest BCUT2D eigenvalue weighted by molar-refractivity contribution is -0.136. The fraction of sp³-hybridized carbons (Fsp3) is 0.100. The van der Waals surface area contributed by atoms with Gasteiger partial charge in [0.1, 0.15) is 5.75 Å². The molecule has 78 valence electrons. The van der Waals surface area contributed by atoms with Crippen LogP contribution < -0.4 is 0 Å². The number of phenolic OH excluding ortho intramolecular Hbond substituents is 1. The maximum absolute atomic E-state index is 10.6. The van der Waals surface area contributed by atoms with Crippen molar-refractivity contribution in [2.24, 2.45) is 0 Å². The molecular formula is C10H8ClNO3. The lowest BCUT2D eigenvalue weighted by Gasteiger charge is -1.98. The van der Waals surface area contributed by atoms with Gasteiger partial charge in [0, 0.05) is 23.2 Å². The summed E-state index contributed by atoms with van der Waals surface area (Å²) in [6, 6.07) is 3.03. The van der Waals surface area contributed by atoms with Gasteiger partial charge in [0.2, 0.25) is 0 Å². The van der Waals surface area contributed by atoms with Gasteiger partial charge < -0.3 is 15.2 Å². The second-order valence-electron chi connectivity index (χ2n) is 3.23. The Hall–Kier alpha value is -1.68. The summed E-state index contributed by atoms with van der Waals surface area (Å²) in [5.74, 6) is -0.923. The van der Waals surface area contributed by atoms with Crippen molar-refractivity contribution in [1.82, 2.24) is 4.98 Å². The number of hydrogen-bond acceptors (Lipinski definition) is 2. The Morgan fingerprint density at radius 2 is 2.20 bits per heavy atom. The number of rotatable bonds is 2. The Morgan fingerprint density at radius 1 is 1.47 bits per heavy atom. The van der Waals surface area contributed by atoms with Crippen LogP contribution >= 0.6 is 11.6 Å². The molecule has 0 bridgehead atoms. The summed E-state index contributed by atoms with van der Waals surface area (Å²) < 4.78 is 0. The molecule has 1 aromatic heterocycles. The normalized spacial score (nSPS) is 10.7. The predicted octanol–water partition coefficient (Wildman–Crippen LogP) is 2.15. The molecule has 3 N–H and O–H groups in total. The molecule has 0 spiro atoms. The molecule has 1 heterocycles. The number of carboxylic acid groups (broad SMARTS) is 1. The maximum Gasteiger partial charge on any atom is 0.307 e. The molecule has 0 saturated heterocycles. The standard InChI is InChI=1S/C10H8ClNO3/c11-7-2-6-5(1-10(14)15)4-12-8(6)3-9(7)13/h2-4,12-13H,1H2,(H,14,15). The molecule has 0 unspecified atom stereocenters. The maximum atomic E-state index is 10.6. The number of halogens is 1. The van der Waals surface area contributed by atoms with E-state index in [4.69, 9.17) is 16.7 Å². The minimum Gasteiger partial charge on any atom is -0.506 e. The van der Waals surface area contributed by atoms with E-state index in [9.17, 15) is 9.90 Å². The van der Waals surface area contributed by atoms with Gasteiger partial charge in [0.15, 0.2) is 0 Å². The van der Waals surface area contributed by atoms with Crippen LogP contribution in [0.25, 0.3) is 10.9 Å². The number of phenols is 1. The summed E-state index contributed by atoms with van der Waals surface area (Å²) in [5.41, 5.74) is 1.33. The van der Waals surface area contributed by atoms with E-state index in [0.717, 1.165) is 5.39 Å². The van der Waals surface area contributed by atoms with E-state index >= 15 is 0 Å². The summed E-state index contributed by atoms with van der Waals surface area (Å²) in [4.78, 5) is 13.4. The van der Waals surface area contributed by atoms with Crippen molar-refractivity contribution in [3.05, 3.63) is 28.9 Å². The lowest BCUT2D eigenvalue weighted by atomic mass is 10.1. The van der Waals surface area contributed by atoms with Crippen LogP contribution in [0.5, 0.6) is 5.75 Å². The van der Waals surface area contributed by atoms with Crippen LogP contribution in [0, 0.1) is 0 Å². The third-order valence-corrected chi connectivity index (χ3v) is 2.48. The number of aromatic amines is 1. The molecule has 0 amide bonds. The fourth-order valence-electron chi connectivity index (χ4n) is 1.50. The number of carbonyl (C=O) groups is 1. The predicted molar refractivity (Wildman–Crippen MR) is 56.3 cm³/mol. The van der Waals surface area contributed by atoms with Crippen LogP contribution in [0.3, 0.4) is 0 Å². The van der Waals surface area contributed by atoms with Gasteiger partial charge in [-0.15, -0.1) is 0 Å². The topological polar surface area (TPSA) is 73.3 Å². The zero-order valence-corrected chi connectivity index (χ0v) is 8.38. The first-order chi connectivity index (χ1) is 7.08. The number of benzene rings is 1. The summed E-state index contributed by atoms with van der Waals surface area (Å²) in [6.45, 7) is 0. The van der Waals surface area contributed by atoms with Crippen LogP contribution in [0.15, 0.2) is 18.3 Å². The highest BCUT2D eigenvalue weighted by molar-refractivity contribution is 6.32. The zero-order valence-electron chi connectivity index (χ0n) is 7.62. The Morgan fingerprint density at radius 3 is 2.87 bits per heavy atom. The van der Waals surface area contributed by atoms with E-state index in [1.807, 2.05) is 0 Å². The Labute approximate surface area is 90.1 Å². The van der Waals surface area contributed by atoms with E-state index in [2.05, 4.69) is 4.98 Å². The highest BCUT2D eigenvalue weighted by Crippen LogP contribution is 2.30. The van der Waals surface area contributed by atoms with Crippen LogP contribution in [-0.2, 0) is 11.2 Å². The van der Waals surface area contributed by atoms with Crippen molar-refractivity contribution >= 4 is 28.5 Å². The number of aliphatic carboxylic acids is 1. The Kier molecular flexibility index (Phi) is 2.28. The van der Waals surface area contributed by atoms with Crippen LogP contribution in [0.1, 0.15) is 5.56 Å². The molecule has 15 heavy (non-hydrogen) atoms. The average Bonchev–Trinajstić information content (AvgIpc) is 2.49. The van der Waals surface area contributed by atoms with Crippen molar-refractivity contribution in [3.63, 3.8) is 0 Å². The van der Waals surface area contributed by atoms with Crippen molar-refractivity contribution in [3.8, 4) is 5.75 Å². The molecule has 4 nitrogen and oxygen atoms in total. The minimum absolute atomic E-state index is 0.0205. The second-order valence-corrected chi connectivity index (χ2v) is 3.64. The Balaban J connectivity index is 2.59. The number of H-pyrrole nitrogens is 1. The molecule has 0 atom stereocenters. The SMILES string of the molecule is O=C(O)Cc1c[nH]c2cc(O)c(Cl)cc12. The lowest BCUT2D eigenvalue weighted by Crippen LogP contribution is -1.98. The van der Waals surface area contributed by atoms with Crippen molar-refractivity contribution < 1.29 is 15.0 Å². The number of aromatic nitrogens is 1. The number of hydrogen-bond donors (Lipinski definition) is 3. The first-order valence-corrected chi connectivity index (χ1v) is 4.66. The molecule has 0 saturated carbocycles. The van der Waals surface area contributed by atoms with Gasteiger partial charge in [0.25, 0.3) is 0 Å². The molecule has 1 aromatic carbocycles. The zero-order chi connectivity index (χ0) is 11.0.